The molecule has 3 aromatic rings. The Labute approximate surface area is 156 Å². The van der Waals surface area contributed by atoms with Crippen molar-refractivity contribution in [3.8, 4) is 17.3 Å². The Morgan fingerprint density at radius 2 is 2.00 bits per heavy atom. The normalized spacial score (nSPS) is 10.7. The van der Waals surface area contributed by atoms with E-state index in [0.29, 0.717) is 11.6 Å². The minimum absolute atomic E-state index is 0.000872. The van der Waals surface area contributed by atoms with E-state index in [9.17, 15) is 18.8 Å². The molecule has 2 N–H and O–H groups in total. The van der Waals surface area contributed by atoms with Gasteiger partial charge in [0, 0.05) is 17.2 Å². The second-order valence-corrected chi connectivity index (χ2v) is 5.65. The van der Waals surface area contributed by atoms with Gasteiger partial charge in [-0.05, 0) is 6.07 Å². The van der Waals surface area contributed by atoms with Crippen LogP contribution >= 0.6 is 11.6 Å². The number of rotatable bonds is 4. The molecule has 0 saturated heterocycles. The van der Waals surface area contributed by atoms with E-state index in [1.54, 1.807) is 30.3 Å². The summed E-state index contributed by atoms with van der Waals surface area (Å²) in [4.78, 5) is 18.7. The number of nitriles is 1. The van der Waals surface area contributed by atoms with Gasteiger partial charge in [0.15, 0.2) is 0 Å². The van der Waals surface area contributed by atoms with Crippen molar-refractivity contribution < 1.29 is 8.78 Å². The van der Waals surface area contributed by atoms with Crippen molar-refractivity contribution in [1.82, 2.24) is 9.97 Å². The molecule has 6 nitrogen and oxygen atoms in total. The summed E-state index contributed by atoms with van der Waals surface area (Å²) in [5, 5.41) is 12.7. The molecule has 0 fully saturated rings. The smallest absolute Gasteiger partial charge is 0.270 e. The summed E-state index contributed by atoms with van der Waals surface area (Å²) in [6.07, 6.45) is 1.08. The molecule has 0 aliphatic heterocycles. The van der Waals surface area contributed by atoms with Gasteiger partial charge in [-0.2, -0.15) is 10.4 Å². The third-order valence-electron chi connectivity index (χ3n) is 3.47. The second-order valence-electron chi connectivity index (χ2n) is 5.28. The molecule has 0 radical (unpaired) electrons. The monoisotopic (exact) mass is 385 g/mol. The van der Waals surface area contributed by atoms with E-state index in [-0.39, 0.29) is 27.8 Å². The van der Waals surface area contributed by atoms with Gasteiger partial charge in [-0.25, -0.2) is 19.2 Å². The number of hydrogen-bond donors (Lipinski definition) is 2. The van der Waals surface area contributed by atoms with Gasteiger partial charge in [-0.15, -0.1) is 0 Å². The van der Waals surface area contributed by atoms with Gasteiger partial charge in [0.05, 0.1) is 16.9 Å². The van der Waals surface area contributed by atoms with Gasteiger partial charge in [0.1, 0.15) is 23.3 Å². The SMILES string of the molecule is N#Cc1c(-c2ccccc2)nc(NN=Cc2cc(F)cc(F)c2Cl)[nH]c1=O. The lowest BCUT2D eigenvalue weighted by molar-refractivity contribution is 0.583. The quantitative estimate of drug-likeness (QED) is 0.407. The fourth-order valence-corrected chi connectivity index (χ4v) is 2.43. The van der Waals surface area contributed by atoms with E-state index < -0.39 is 17.2 Å². The van der Waals surface area contributed by atoms with Crippen molar-refractivity contribution >= 4 is 23.8 Å². The first kappa shape index (κ1) is 18.2. The number of halogens is 3. The molecule has 0 atom stereocenters. The Balaban J connectivity index is 1.94. The van der Waals surface area contributed by atoms with Crippen molar-refractivity contribution in [3.63, 3.8) is 0 Å². The number of hydrogen-bond acceptors (Lipinski definition) is 5. The Morgan fingerprint density at radius 1 is 1.26 bits per heavy atom. The van der Waals surface area contributed by atoms with Crippen LogP contribution in [0, 0.1) is 23.0 Å². The maximum absolute atomic E-state index is 13.4. The maximum Gasteiger partial charge on any atom is 0.270 e. The van der Waals surface area contributed by atoms with E-state index in [1.165, 1.54) is 0 Å². The fraction of sp³-hybridized carbons (Fsp3) is 0. The molecule has 0 bridgehead atoms. The minimum atomic E-state index is -0.922. The average Bonchev–Trinajstić information content (AvgIpc) is 2.66. The van der Waals surface area contributed by atoms with Gasteiger partial charge in [0.25, 0.3) is 5.56 Å². The van der Waals surface area contributed by atoms with Crippen molar-refractivity contribution in [2.24, 2.45) is 5.10 Å². The molecule has 0 spiro atoms. The highest BCUT2D eigenvalue weighted by Gasteiger charge is 2.13. The Bertz CT molecular complexity index is 1120. The van der Waals surface area contributed by atoms with E-state index in [4.69, 9.17) is 11.6 Å². The summed E-state index contributed by atoms with van der Waals surface area (Å²) < 4.78 is 26.7. The largest absolute Gasteiger partial charge is 0.290 e. The van der Waals surface area contributed by atoms with Crippen LogP contribution in [-0.4, -0.2) is 16.2 Å². The fourth-order valence-electron chi connectivity index (χ4n) is 2.27. The van der Waals surface area contributed by atoms with Gasteiger partial charge in [0.2, 0.25) is 5.95 Å². The van der Waals surface area contributed by atoms with Crippen LogP contribution in [0.4, 0.5) is 14.7 Å². The van der Waals surface area contributed by atoms with Gasteiger partial charge >= 0.3 is 0 Å². The predicted molar refractivity (Wildman–Crippen MR) is 97.6 cm³/mol. The van der Waals surface area contributed by atoms with Crippen LogP contribution in [0.25, 0.3) is 11.3 Å². The number of hydrazone groups is 1. The van der Waals surface area contributed by atoms with E-state index >= 15 is 0 Å². The van der Waals surface area contributed by atoms with Gasteiger partial charge in [-0.1, -0.05) is 41.9 Å². The van der Waals surface area contributed by atoms with Crippen LogP contribution in [0.5, 0.6) is 0 Å². The zero-order chi connectivity index (χ0) is 19.4. The molecule has 9 heteroatoms. The van der Waals surface area contributed by atoms with Crippen molar-refractivity contribution in [2.75, 3.05) is 5.43 Å². The summed E-state index contributed by atoms with van der Waals surface area (Å²) in [7, 11) is 0. The molecule has 27 heavy (non-hydrogen) atoms. The third kappa shape index (κ3) is 3.99. The standard InChI is InChI=1S/C18H10ClF2N5O/c19-15-11(6-12(20)7-14(15)21)9-23-26-18-24-16(10-4-2-1-3-5-10)13(8-22)17(27)25-18/h1-7,9H,(H2,24,25,26,27). The van der Waals surface area contributed by atoms with Gasteiger partial charge in [-0.3, -0.25) is 9.78 Å². The van der Waals surface area contributed by atoms with Crippen LogP contribution < -0.4 is 11.0 Å². The molecule has 2 aromatic carbocycles. The molecule has 3 rings (SSSR count). The first-order valence-electron chi connectivity index (χ1n) is 7.53. The third-order valence-corrected chi connectivity index (χ3v) is 3.87. The zero-order valence-corrected chi connectivity index (χ0v) is 14.3. The molecule has 0 aliphatic rings. The number of anilines is 1. The first-order valence-corrected chi connectivity index (χ1v) is 7.91. The molecule has 0 aliphatic carbocycles. The molecular formula is C18H10ClF2N5O. The summed E-state index contributed by atoms with van der Waals surface area (Å²) >= 11 is 5.75. The zero-order valence-electron chi connectivity index (χ0n) is 13.5. The van der Waals surface area contributed by atoms with Crippen LogP contribution in [0.15, 0.2) is 52.4 Å². The molecule has 1 heterocycles. The number of aromatic nitrogens is 2. The van der Waals surface area contributed by atoms with Crippen LogP contribution in [0.3, 0.4) is 0 Å². The van der Waals surface area contributed by atoms with Crippen LogP contribution in [-0.2, 0) is 0 Å². The highest BCUT2D eigenvalue weighted by atomic mass is 35.5. The number of nitrogens with zero attached hydrogens (tertiary/aromatic N) is 3. The predicted octanol–water partition coefficient (Wildman–Crippen LogP) is 3.69. The summed E-state index contributed by atoms with van der Waals surface area (Å²) in [6.45, 7) is 0. The number of nitrogens with one attached hydrogen (secondary N) is 2. The number of H-pyrrole nitrogens is 1. The van der Waals surface area contributed by atoms with Crippen molar-refractivity contribution in [2.45, 2.75) is 0 Å². The summed E-state index contributed by atoms with van der Waals surface area (Å²) in [6, 6.07) is 12.1. The Kier molecular flexibility index (Phi) is 5.24. The second kappa shape index (κ2) is 7.76. The average molecular weight is 386 g/mol. The topological polar surface area (TPSA) is 93.9 Å². The lowest BCUT2D eigenvalue weighted by atomic mass is 10.1. The van der Waals surface area contributed by atoms with Crippen LogP contribution in [0.2, 0.25) is 5.02 Å². The summed E-state index contributed by atoms with van der Waals surface area (Å²) in [5.41, 5.74) is 2.40. The molecule has 1 aromatic heterocycles. The molecular weight excluding hydrogens is 376 g/mol. The summed E-state index contributed by atoms with van der Waals surface area (Å²) in [5.74, 6) is -1.79. The highest BCUT2D eigenvalue weighted by Crippen LogP contribution is 2.21. The van der Waals surface area contributed by atoms with Gasteiger partial charge < -0.3 is 0 Å². The molecule has 0 saturated carbocycles. The molecule has 0 amide bonds. The number of benzene rings is 2. The van der Waals surface area contributed by atoms with Crippen molar-refractivity contribution in [3.05, 3.63) is 80.6 Å². The highest BCUT2D eigenvalue weighted by molar-refractivity contribution is 6.33. The Hall–Kier alpha value is -3.57. The Morgan fingerprint density at radius 3 is 2.70 bits per heavy atom. The minimum Gasteiger partial charge on any atom is -0.290 e. The lowest BCUT2D eigenvalue weighted by Crippen LogP contribution is -2.16. The number of aromatic amines is 1. The molecule has 0 unspecified atom stereocenters. The maximum atomic E-state index is 13.4. The van der Waals surface area contributed by atoms with E-state index in [0.717, 1.165) is 12.3 Å². The molecule has 134 valence electrons. The van der Waals surface area contributed by atoms with E-state index in [1.807, 2.05) is 6.07 Å². The van der Waals surface area contributed by atoms with E-state index in [2.05, 4.69) is 20.5 Å². The lowest BCUT2D eigenvalue weighted by Gasteiger charge is -2.06. The first-order chi connectivity index (χ1) is 13.0. The van der Waals surface area contributed by atoms with Crippen molar-refractivity contribution in [1.29, 1.82) is 5.26 Å². The van der Waals surface area contributed by atoms with Crippen LogP contribution in [0.1, 0.15) is 11.1 Å².